The van der Waals surface area contributed by atoms with Crippen LogP contribution in [-0.2, 0) is 22.3 Å². The summed E-state index contributed by atoms with van der Waals surface area (Å²) in [6.07, 6.45) is 9.40. The molecule has 4 heterocycles. The number of aliphatic carboxylic acids is 1. The first kappa shape index (κ1) is 42.3. The van der Waals surface area contributed by atoms with Crippen LogP contribution in [0.2, 0.25) is 0 Å². The lowest BCUT2D eigenvalue weighted by Gasteiger charge is -2.09. The maximum Gasteiger partial charge on any atom is 0.416 e. The van der Waals surface area contributed by atoms with Crippen LogP contribution in [0.25, 0.3) is 35.2 Å². The number of carbonyl (C=O) groups is 2. The number of carboxylic acid groups (broad SMARTS) is 1. The van der Waals surface area contributed by atoms with Crippen molar-refractivity contribution in [3.63, 3.8) is 0 Å². The van der Waals surface area contributed by atoms with E-state index >= 15 is 0 Å². The van der Waals surface area contributed by atoms with Crippen molar-refractivity contribution in [3.05, 3.63) is 126 Å². The number of nitrogen functional groups attached to an aromatic ring is 1. The number of halogens is 3. The number of hydrogen-bond acceptors (Lipinski definition) is 12. The van der Waals surface area contributed by atoms with Crippen molar-refractivity contribution in [2.75, 3.05) is 5.43 Å². The molecular formula is C36H38F3N13O3. The summed E-state index contributed by atoms with van der Waals surface area (Å²) in [7, 11) is 0. The van der Waals surface area contributed by atoms with Crippen LogP contribution in [0.3, 0.4) is 0 Å². The summed E-state index contributed by atoms with van der Waals surface area (Å²) in [4.78, 5) is 45.7. The first-order valence-corrected chi connectivity index (χ1v) is 15.7. The van der Waals surface area contributed by atoms with Crippen LogP contribution in [0.1, 0.15) is 35.4 Å². The normalized spacial score (nSPS) is 10.8. The summed E-state index contributed by atoms with van der Waals surface area (Å²) in [5.41, 5.74) is 6.25. The number of nitrogens with zero attached hydrogens (tertiary/aromatic N) is 10. The number of hydrazine groups is 1. The number of carbonyl (C=O) groups excluding carboxylic acids is 1. The maximum atomic E-state index is 12.8. The number of nitrogens with one attached hydrogen (secondary N) is 2. The molecule has 0 atom stereocenters. The van der Waals surface area contributed by atoms with Gasteiger partial charge in [0.15, 0.2) is 11.6 Å². The molecule has 6 aromatic rings. The minimum absolute atomic E-state index is 0. The molecule has 19 heteroatoms. The molecule has 55 heavy (non-hydrogen) atoms. The van der Waals surface area contributed by atoms with Gasteiger partial charge < -0.3 is 15.8 Å². The molecule has 286 valence electrons. The van der Waals surface area contributed by atoms with Crippen LogP contribution >= 0.6 is 0 Å². The van der Waals surface area contributed by atoms with Crippen molar-refractivity contribution in [3.8, 4) is 22.8 Å². The SMILES string of the molecule is C.Cc1cc(-c2ncn(/C=C\C(=O)O)n2)cc(C(F)(F)F)c1.Cc1cc(C)cc(-c2ncn(/C=C\C(=O)NCc3ccncn3)n2)c1.NNc1ccncn1. The van der Waals surface area contributed by atoms with Crippen LogP contribution in [0.15, 0.2) is 98.4 Å². The molecule has 6 rings (SSSR count). The third-order valence-corrected chi connectivity index (χ3v) is 6.73. The second kappa shape index (κ2) is 20.2. The minimum atomic E-state index is -4.45. The van der Waals surface area contributed by atoms with Crippen molar-refractivity contribution in [1.29, 1.82) is 0 Å². The second-order valence-corrected chi connectivity index (χ2v) is 11.2. The van der Waals surface area contributed by atoms with E-state index in [1.807, 2.05) is 26.0 Å². The average molecular weight is 758 g/mol. The topological polar surface area (TPSA) is 217 Å². The predicted molar refractivity (Wildman–Crippen MR) is 199 cm³/mol. The van der Waals surface area contributed by atoms with Crippen molar-refractivity contribution >= 4 is 30.1 Å². The predicted octanol–water partition coefficient (Wildman–Crippen LogP) is 5.36. The smallest absolute Gasteiger partial charge is 0.416 e. The Morgan fingerprint density at radius 1 is 0.782 bits per heavy atom. The van der Waals surface area contributed by atoms with Gasteiger partial charge in [0.2, 0.25) is 5.91 Å². The molecule has 0 saturated heterocycles. The van der Waals surface area contributed by atoms with Crippen LogP contribution in [0.5, 0.6) is 0 Å². The molecule has 4 aromatic heterocycles. The average Bonchev–Trinajstić information content (AvgIpc) is 3.83. The van der Waals surface area contributed by atoms with E-state index in [0.717, 1.165) is 51.5 Å². The van der Waals surface area contributed by atoms with Gasteiger partial charge in [-0.2, -0.15) is 13.2 Å². The summed E-state index contributed by atoms with van der Waals surface area (Å²) in [6, 6.07) is 13.1. The monoisotopic (exact) mass is 757 g/mol. The number of aromatic nitrogens is 10. The molecule has 0 unspecified atom stereocenters. The summed E-state index contributed by atoms with van der Waals surface area (Å²) < 4.78 is 40.9. The van der Waals surface area contributed by atoms with Gasteiger partial charge in [-0.05, 0) is 62.7 Å². The Hall–Kier alpha value is -7.15. The first-order chi connectivity index (χ1) is 25.8. The Labute approximate surface area is 313 Å². The molecule has 0 spiro atoms. The van der Waals surface area contributed by atoms with E-state index in [1.165, 1.54) is 35.8 Å². The zero-order valence-electron chi connectivity index (χ0n) is 29.0. The highest BCUT2D eigenvalue weighted by molar-refractivity contribution is 5.90. The maximum absolute atomic E-state index is 12.8. The van der Waals surface area contributed by atoms with Gasteiger partial charge in [-0.1, -0.05) is 24.6 Å². The molecular weight excluding hydrogens is 719 g/mol. The van der Waals surface area contributed by atoms with Gasteiger partial charge in [0, 0.05) is 54.1 Å². The number of aryl methyl sites for hydroxylation is 3. The highest BCUT2D eigenvalue weighted by Gasteiger charge is 2.31. The van der Waals surface area contributed by atoms with Crippen molar-refractivity contribution in [2.24, 2.45) is 5.84 Å². The summed E-state index contributed by atoms with van der Waals surface area (Å²) in [5.74, 6) is 4.94. The highest BCUT2D eigenvalue weighted by Crippen LogP contribution is 2.32. The van der Waals surface area contributed by atoms with E-state index in [0.29, 0.717) is 23.8 Å². The van der Waals surface area contributed by atoms with E-state index in [4.69, 9.17) is 10.9 Å². The van der Waals surface area contributed by atoms with Crippen molar-refractivity contribution < 1.29 is 27.9 Å². The number of amides is 1. The fourth-order valence-electron chi connectivity index (χ4n) is 4.46. The third-order valence-electron chi connectivity index (χ3n) is 6.73. The Bertz CT molecular complexity index is 2180. The van der Waals surface area contributed by atoms with Crippen molar-refractivity contribution in [1.82, 2.24) is 54.8 Å². The number of nitrogens with two attached hydrogens (primary N) is 1. The third kappa shape index (κ3) is 14.1. The molecule has 0 bridgehead atoms. The Morgan fingerprint density at radius 2 is 1.33 bits per heavy atom. The van der Waals surface area contributed by atoms with Crippen LogP contribution < -0.4 is 16.6 Å². The molecule has 0 aliphatic carbocycles. The van der Waals surface area contributed by atoms with Crippen LogP contribution in [-0.4, -0.2) is 66.4 Å². The number of anilines is 1. The Morgan fingerprint density at radius 3 is 1.82 bits per heavy atom. The summed E-state index contributed by atoms with van der Waals surface area (Å²) in [5, 5.41) is 19.5. The molecule has 1 amide bonds. The molecule has 0 saturated carbocycles. The largest absolute Gasteiger partial charge is 0.478 e. The van der Waals surface area contributed by atoms with Gasteiger partial charge in [0.05, 0.1) is 17.8 Å². The molecule has 0 aliphatic heterocycles. The minimum Gasteiger partial charge on any atom is -0.478 e. The molecule has 0 radical (unpaired) electrons. The molecule has 16 nitrogen and oxygen atoms in total. The number of rotatable bonds is 9. The zero-order valence-corrected chi connectivity index (χ0v) is 29.0. The number of hydrogen-bond donors (Lipinski definition) is 4. The van der Waals surface area contributed by atoms with Gasteiger partial charge in [-0.3, -0.25) is 4.79 Å². The van der Waals surface area contributed by atoms with Crippen molar-refractivity contribution in [2.45, 2.75) is 40.9 Å². The van der Waals surface area contributed by atoms with E-state index < -0.39 is 17.7 Å². The standard InChI is InChI=1S/C18H18N6O.C13H10F3N3O2.C4H6N4.CH4/c1-13-7-14(2)9-15(8-13)18-22-12-24(23-18)6-4-17(25)20-10-16-3-5-19-11-21-16;1-8-4-9(6-10(5-8)13(14,15)16)12-17-7-19(18-12)3-2-11(20)21;5-8-4-1-2-6-3-7-4;/h3-9,11-12H,10H2,1-2H3,(H,20,25);2-7H,1H3,(H,20,21);1-3H,5H2,(H,6,7,8);1H4/b6-4-;3-2-;;. The Balaban J connectivity index is 0.000000245. The van der Waals surface area contributed by atoms with Gasteiger partial charge in [-0.25, -0.2) is 49.9 Å². The molecule has 2 aromatic carbocycles. The highest BCUT2D eigenvalue weighted by atomic mass is 19.4. The molecule has 0 aliphatic rings. The van der Waals surface area contributed by atoms with Crippen LogP contribution in [0, 0.1) is 20.8 Å². The van der Waals surface area contributed by atoms with Crippen LogP contribution in [0.4, 0.5) is 19.0 Å². The molecule has 5 N–H and O–H groups in total. The van der Waals surface area contributed by atoms with E-state index in [-0.39, 0.29) is 24.7 Å². The quantitative estimate of drug-likeness (QED) is 0.0830. The zero-order chi connectivity index (χ0) is 39.1. The fourth-order valence-corrected chi connectivity index (χ4v) is 4.46. The second-order valence-electron chi connectivity index (χ2n) is 11.2. The lowest BCUT2D eigenvalue weighted by Crippen LogP contribution is -2.21. The summed E-state index contributed by atoms with van der Waals surface area (Å²) in [6.45, 7) is 5.96. The first-order valence-electron chi connectivity index (χ1n) is 15.7. The van der Waals surface area contributed by atoms with Gasteiger partial charge in [-0.15, -0.1) is 10.2 Å². The lowest BCUT2D eigenvalue weighted by molar-refractivity contribution is -0.137. The van der Waals surface area contributed by atoms with Gasteiger partial charge in [0.1, 0.15) is 31.1 Å². The van der Waals surface area contributed by atoms with E-state index in [1.54, 1.807) is 44.0 Å². The number of alkyl halides is 3. The van der Waals surface area contributed by atoms with Gasteiger partial charge in [0.25, 0.3) is 0 Å². The summed E-state index contributed by atoms with van der Waals surface area (Å²) >= 11 is 0. The number of carboxylic acids is 1. The van der Waals surface area contributed by atoms with Gasteiger partial charge >= 0.3 is 12.1 Å². The lowest BCUT2D eigenvalue weighted by atomic mass is 10.1. The number of benzene rings is 2. The van der Waals surface area contributed by atoms with E-state index in [2.05, 4.69) is 56.9 Å². The fraction of sp³-hybridized carbons (Fsp3) is 0.167. The Kier molecular flexibility index (Phi) is 15.5. The molecule has 0 fully saturated rings. The van der Waals surface area contributed by atoms with E-state index in [9.17, 15) is 22.8 Å².